The zero-order valence-electron chi connectivity index (χ0n) is 12.7. The lowest BCUT2D eigenvalue weighted by Gasteiger charge is -2.39. The molecule has 20 heavy (non-hydrogen) atoms. The molecule has 1 amide bonds. The molecule has 0 aromatic heterocycles. The van der Waals surface area contributed by atoms with Crippen LogP contribution >= 0.6 is 0 Å². The molecule has 1 aromatic rings. The van der Waals surface area contributed by atoms with Gasteiger partial charge in [0.2, 0.25) is 5.91 Å². The van der Waals surface area contributed by atoms with Gasteiger partial charge in [-0.3, -0.25) is 4.79 Å². The van der Waals surface area contributed by atoms with E-state index >= 15 is 0 Å². The molecule has 2 rings (SSSR count). The number of amides is 1. The van der Waals surface area contributed by atoms with Crippen LogP contribution in [0.1, 0.15) is 50.8 Å². The normalized spacial score (nSPS) is 30.1. The van der Waals surface area contributed by atoms with Gasteiger partial charge in [-0.25, -0.2) is 0 Å². The van der Waals surface area contributed by atoms with E-state index in [1.54, 1.807) is 0 Å². The molecule has 0 saturated carbocycles. The van der Waals surface area contributed by atoms with Crippen molar-refractivity contribution in [2.75, 3.05) is 0 Å². The summed E-state index contributed by atoms with van der Waals surface area (Å²) >= 11 is 0. The third-order valence-electron chi connectivity index (χ3n) is 4.37. The predicted octanol–water partition coefficient (Wildman–Crippen LogP) is 2.80. The smallest absolute Gasteiger partial charge is 0.222 e. The Bertz CT molecular complexity index is 455. The van der Waals surface area contributed by atoms with E-state index in [-0.39, 0.29) is 17.9 Å². The molecule has 0 aliphatic carbocycles. The van der Waals surface area contributed by atoms with E-state index in [4.69, 9.17) is 5.73 Å². The maximum absolute atomic E-state index is 11.8. The van der Waals surface area contributed by atoms with Crippen LogP contribution in [0.25, 0.3) is 0 Å². The summed E-state index contributed by atoms with van der Waals surface area (Å²) in [5, 5.41) is 3.55. The minimum Gasteiger partial charge on any atom is -0.369 e. The van der Waals surface area contributed by atoms with Gasteiger partial charge in [0.25, 0.3) is 0 Å². The van der Waals surface area contributed by atoms with Crippen molar-refractivity contribution in [3.05, 3.63) is 35.4 Å². The molecule has 0 radical (unpaired) electrons. The van der Waals surface area contributed by atoms with E-state index in [1.807, 2.05) is 0 Å². The standard InChI is InChI=1S/C17H26N2O/c1-4-5-13-6-8-14(9-7-13)16-15(17(18)20)11(2)10-12(3)19-16/h6-9,11-12,15-16,19H,4-5,10H2,1-3H3,(H2,18,20). The maximum atomic E-state index is 11.8. The Balaban J connectivity index is 2.24. The number of benzene rings is 1. The molecule has 3 heteroatoms. The Labute approximate surface area is 121 Å². The number of carbonyl (C=O) groups is 1. The van der Waals surface area contributed by atoms with Gasteiger partial charge in [-0.2, -0.15) is 0 Å². The highest BCUT2D eigenvalue weighted by atomic mass is 16.1. The number of aryl methyl sites for hydroxylation is 1. The number of carbonyl (C=O) groups excluding carboxylic acids is 1. The Morgan fingerprint density at radius 3 is 2.50 bits per heavy atom. The van der Waals surface area contributed by atoms with Crippen molar-refractivity contribution in [3.8, 4) is 0 Å². The number of nitrogens with two attached hydrogens (primary N) is 1. The van der Waals surface area contributed by atoms with Crippen LogP contribution in [0.2, 0.25) is 0 Å². The summed E-state index contributed by atoms with van der Waals surface area (Å²) in [4.78, 5) is 11.8. The molecule has 110 valence electrons. The highest BCUT2D eigenvalue weighted by Crippen LogP contribution is 2.35. The van der Waals surface area contributed by atoms with Crippen molar-refractivity contribution in [1.82, 2.24) is 5.32 Å². The highest BCUT2D eigenvalue weighted by molar-refractivity contribution is 5.78. The molecule has 1 fully saturated rings. The summed E-state index contributed by atoms with van der Waals surface area (Å²) in [6.07, 6.45) is 3.25. The van der Waals surface area contributed by atoms with Crippen molar-refractivity contribution in [2.24, 2.45) is 17.6 Å². The lowest BCUT2D eigenvalue weighted by atomic mass is 9.76. The number of hydrogen-bond acceptors (Lipinski definition) is 2. The van der Waals surface area contributed by atoms with Crippen LogP contribution < -0.4 is 11.1 Å². The minimum atomic E-state index is -0.195. The van der Waals surface area contributed by atoms with Crippen LogP contribution in [-0.2, 0) is 11.2 Å². The first-order valence-electron chi connectivity index (χ1n) is 7.67. The van der Waals surface area contributed by atoms with Crippen LogP contribution in [0.15, 0.2) is 24.3 Å². The Hall–Kier alpha value is -1.35. The molecule has 0 bridgehead atoms. The summed E-state index contributed by atoms with van der Waals surface area (Å²) in [7, 11) is 0. The van der Waals surface area contributed by atoms with E-state index in [1.165, 1.54) is 11.1 Å². The van der Waals surface area contributed by atoms with E-state index in [0.717, 1.165) is 19.3 Å². The number of rotatable bonds is 4. The number of primary amides is 1. The molecule has 1 heterocycles. The highest BCUT2D eigenvalue weighted by Gasteiger charge is 2.37. The zero-order chi connectivity index (χ0) is 14.7. The van der Waals surface area contributed by atoms with Crippen LogP contribution in [0.5, 0.6) is 0 Å². The monoisotopic (exact) mass is 274 g/mol. The third kappa shape index (κ3) is 3.21. The van der Waals surface area contributed by atoms with Gasteiger partial charge in [0, 0.05) is 12.1 Å². The van der Waals surface area contributed by atoms with Gasteiger partial charge in [0.05, 0.1) is 5.92 Å². The van der Waals surface area contributed by atoms with Crippen LogP contribution in [0.3, 0.4) is 0 Å². The van der Waals surface area contributed by atoms with Gasteiger partial charge in [0.15, 0.2) is 0 Å². The summed E-state index contributed by atoms with van der Waals surface area (Å²) in [6.45, 7) is 6.49. The Kier molecular flexibility index (Phi) is 4.81. The number of nitrogens with one attached hydrogen (secondary N) is 1. The van der Waals surface area contributed by atoms with E-state index < -0.39 is 0 Å². The van der Waals surface area contributed by atoms with Gasteiger partial charge < -0.3 is 11.1 Å². The van der Waals surface area contributed by atoms with Crippen molar-refractivity contribution in [1.29, 1.82) is 0 Å². The van der Waals surface area contributed by atoms with Crippen LogP contribution in [-0.4, -0.2) is 11.9 Å². The lowest BCUT2D eigenvalue weighted by Crippen LogP contribution is -2.49. The van der Waals surface area contributed by atoms with Crippen LogP contribution in [0.4, 0.5) is 0 Å². The molecule has 0 spiro atoms. The largest absolute Gasteiger partial charge is 0.369 e. The predicted molar refractivity (Wildman–Crippen MR) is 82.2 cm³/mol. The molecule has 1 saturated heterocycles. The SMILES string of the molecule is CCCc1ccc(C2NC(C)CC(C)C2C(N)=O)cc1. The van der Waals surface area contributed by atoms with Crippen molar-refractivity contribution in [2.45, 2.75) is 52.1 Å². The Morgan fingerprint density at radius 2 is 1.95 bits per heavy atom. The summed E-state index contributed by atoms with van der Waals surface area (Å²) in [5.74, 6) is 0.00632. The van der Waals surface area contributed by atoms with E-state index in [9.17, 15) is 4.79 Å². The first-order chi connectivity index (χ1) is 9.52. The fourth-order valence-electron chi connectivity index (χ4n) is 3.44. The molecule has 1 aromatic carbocycles. The van der Waals surface area contributed by atoms with Gasteiger partial charge >= 0.3 is 0 Å². The average Bonchev–Trinajstić information content (AvgIpc) is 2.38. The van der Waals surface area contributed by atoms with Crippen LogP contribution in [0, 0.1) is 11.8 Å². The van der Waals surface area contributed by atoms with Gasteiger partial charge in [-0.15, -0.1) is 0 Å². The molecule has 4 unspecified atom stereocenters. The third-order valence-corrected chi connectivity index (χ3v) is 4.37. The molecule has 3 nitrogen and oxygen atoms in total. The second-order valence-electron chi connectivity index (χ2n) is 6.18. The molecule has 1 aliphatic heterocycles. The van der Waals surface area contributed by atoms with Gasteiger partial charge in [0.1, 0.15) is 0 Å². The van der Waals surface area contributed by atoms with E-state index in [0.29, 0.717) is 12.0 Å². The molecule has 4 atom stereocenters. The number of piperidine rings is 1. The zero-order valence-corrected chi connectivity index (χ0v) is 12.7. The fourth-order valence-corrected chi connectivity index (χ4v) is 3.44. The molecule has 1 aliphatic rings. The van der Waals surface area contributed by atoms with Gasteiger partial charge in [-0.05, 0) is 36.8 Å². The molecular weight excluding hydrogens is 248 g/mol. The number of hydrogen-bond donors (Lipinski definition) is 2. The first kappa shape index (κ1) is 15.0. The van der Waals surface area contributed by atoms with Crippen molar-refractivity contribution >= 4 is 5.91 Å². The average molecular weight is 274 g/mol. The Morgan fingerprint density at radius 1 is 1.30 bits per heavy atom. The first-order valence-corrected chi connectivity index (χ1v) is 7.67. The lowest BCUT2D eigenvalue weighted by molar-refractivity contribution is -0.125. The summed E-state index contributed by atoms with van der Waals surface area (Å²) in [5.41, 5.74) is 8.15. The quantitative estimate of drug-likeness (QED) is 0.887. The summed E-state index contributed by atoms with van der Waals surface area (Å²) < 4.78 is 0. The van der Waals surface area contributed by atoms with E-state index in [2.05, 4.69) is 50.4 Å². The minimum absolute atomic E-state index is 0.0435. The van der Waals surface area contributed by atoms with Crippen molar-refractivity contribution in [3.63, 3.8) is 0 Å². The van der Waals surface area contributed by atoms with Crippen molar-refractivity contribution < 1.29 is 4.79 Å². The van der Waals surface area contributed by atoms with Gasteiger partial charge in [-0.1, -0.05) is 44.5 Å². The summed E-state index contributed by atoms with van der Waals surface area (Å²) in [6, 6.07) is 9.08. The second-order valence-corrected chi connectivity index (χ2v) is 6.18. The topological polar surface area (TPSA) is 55.1 Å². The molecular formula is C17H26N2O. The molecule has 3 N–H and O–H groups in total. The fraction of sp³-hybridized carbons (Fsp3) is 0.588. The second kappa shape index (κ2) is 6.40. The maximum Gasteiger partial charge on any atom is 0.222 e.